The van der Waals surface area contributed by atoms with Crippen LogP contribution in [-0.2, 0) is 0 Å². The molecule has 5 atom stereocenters. The van der Waals surface area contributed by atoms with Crippen molar-refractivity contribution in [1.82, 2.24) is 25.3 Å². The minimum atomic E-state index is -1.13. The van der Waals surface area contributed by atoms with Gasteiger partial charge in [0.05, 0.1) is 22.6 Å². The highest BCUT2D eigenvalue weighted by Crippen LogP contribution is 2.47. The summed E-state index contributed by atoms with van der Waals surface area (Å²) in [5.41, 5.74) is 1.95. The van der Waals surface area contributed by atoms with Gasteiger partial charge in [0.1, 0.15) is 11.9 Å². The number of halogens is 1. The first-order valence-corrected chi connectivity index (χ1v) is 11.0. The Kier molecular flexibility index (Phi) is 4.74. The van der Waals surface area contributed by atoms with Crippen LogP contribution in [0.1, 0.15) is 39.3 Å². The molecule has 2 aliphatic heterocycles. The Balaban J connectivity index is 1.34. The van der Waals surface area contributed by atoms with E-state index in [9.17, 15) is 5.11 Å². The van der Waals surface area contributed by atoms with Gasteiger partial charge in [-0.25, -0.2) is 9.07 Å². The molecule has 5 rings (SSSR count). The largest absolute Gasteiger partial charge is 0.507 e. The van der Waals surface area contributed by atoms with Gasteiger partial charge in [0.15, 0.2) is 6.17 Å². The summed E-state index contributed by atoms with van der Waals surface area (Å²) in [5.74, 6) is 0.724. The topological polar surface area (TPSA) is 85.1 Å². The van der Waals surface area contributed by atoms with E-state index in [1.807, 2.05) is 32.2 Å². The van der Waals surface area contributed by atoms with Crippen LogP contribution in [0.15, 0.2) is 42.6 Å². The van der Waals surface area contributed by atoms with E-state index in [-0.39, 0.29) is 17.2 Å². The van der Waals surface area contributed by atoms with Crippen LogP contribution in [-0.4, -0.2) is 48.4 Å². The molecule has 2 saturated heterocycles. The van der Waals surface area contributed by atoms with Gasteiger partial charge in [-0.2, -0.15) is 5.10 Å². The first-order valence-electron chi connectivity index (χ1n) is 11.0. The van der Waals surface area contributed by atoms with Gasteiger partial charge in [0.25, 0.3) is 0 Å². The molecule has 2 bridgehead atoms. The highest BCUT2D eigenvalue weighted by atomic mass is 19.1. The van der Waals surface area contributed by atoms with E-state index in [0.29, 0.717) is 23.6 Å². The van der Waals surface area contributed by atoms with E-state index >= 15 is 4.39 Å². The summed E-state index contributed by atoms with van der Waals surface area (Å²) in [6.45, 7) is 8.13. The van der Waals surface area contributed by atoms with Crippen molar-refractivity contribution in [3.8, 4) is 28.6 Å². The predicted octanol–water partition coefficient (Wildman–Crippen LogP) is 3.98. The SMILES string of the molecule is Cc1ccn(-c2ccc(-c3ccc(OC4CC5(C)NC(C)(CC5C)C4F)nn3)c(O)c2)n1. The normalized spacial score (nSPS) is 31.6. The molecule has 32 heavy (non-hydrogen) atoms. The summed E-state index contributed by atoms with van der Waals surface area (Å²) in [5, 5.41) is 26.7. The number of ether oxygens (including phenoxy) is 1. The van der Waals surface area contributed by atoms with Crippen molar-refractivity contribution in [2.75, 3.05) is 0 Å². The molecular formula is C24H28FN5O2. The van der Waals surface area contributed by atoms with E-state index in [4.69, 9.17) is 4.74 Å². The number of nitrogens with zero attached hydrogens (tertiary/aromatic N) is 4. The number of fused-ring (bicyclic) bond motifs is 2. The van der Waals surface area contributed by atoms with Gasteiger partial charge in [-0.15, -0.1) is 10.2 Å². The zero-order chi connectivity index (χ0) is 22.7. The minimum Gasteiger partial charge on any atom is -0.507 e. The van der Waals surface area contributed by atoms with Gasteiger partial charge >= 0.3 is 0 Å². The molecule has 8 heteroatoms. The van der Waals surface area contributed by atoms with Gasteiger partial charge in [-0.05, 0) is 57.4 Å². The predicted molar refractivity (Wildman–Crippen MR) is 119 cm³/mol. The number of nitrogens with one attached hydrogen (secondary N) is 1. The lowest BCUT2D eigenvalue weighted by Crippen LogP contribution is -2.64. The summed E-state index contributed by atoms with van der Waals surface area (Å²) in [6, 6.07) is 10.6. The summed E-state index contributed by atoms with van der Waals surface area (Å²) >= 11 is 0. The van der Waals surface area contributed by atoms with Crippen molar-refractivity contribution >= 4 is 0 Å². The number of benzene rings is 1. The number of aromatic hydroxyl groups is 1. The summed E-state index contributed by atoms with van der Waals surface area (Å²) < 4.78 is 22.9. The quantitative estimate of drug-likeness (QED) is 0.642. The number of hydrogen-bond acceptors (Lipinski definition) is 6. The fourth-order valence-electron chi connectivity index (χ4n) is 5.27. The molecule has 2 aromatic heterocycles. The molecule has 0 aliphatic carbocycles. The number of phenols is 1. The Hall–Kier alpha value is -3.00. The fourth-order valence-corrected chi connectivity index (χ4v) is 5.27. The second-order valence-electron chi connectivity index (χ2n) is 9.69. The molecule has 168 valence electrons. The maximum Gasteiger partial charge on any atom is 0.233 e. The van der Waals surface area contributed by atoms with Crippen molar-refractivity contribution in [3.63, 3.8) is 0 Å². The highest BCUT2D eigenvalue weighted by molar-refractivity contribution is 5.68. The molecule has 7 nitrogen and oxygen atoms in total. The second-order valence-corrected chi connectivity index (χ2v) is 9.69. The third-order valence-corrected chi connectivity index (χ3v) is 7.11. The number of aromatic nitrogens is 4. The van der Waals surface area contributed by atoms with Crippen molar-refractivity contribution in [1.29, 1.82) is 0 Å². The molecule has 0 spiro atoms. The maximum atomic E-state index is 15.3. The molecule has 5 unspecified atom stereocenters. The van der Waals surface area contributed by atoms with Crippen LogP contribution >= 0.6 is 0 Å². The van der Waals surface area contributed by atoms with Crippen molar-refractivity contribution in [2.45, 2.75) is 63.9 Å². The molecule has 3 aromatic rings. The van der Waals surface area contributed by atoms with Gasteiger partial charge in [-0.3, -0.25) is 0 Å². The Labute approximate surface area is 186 Å². The summed E-state index contributed by atoms with van der Waals surface area (Å²) in [7, 11) is 0. The fraction of sp³-hybridized carbons (Fsp3) is 0.458. The smallest absolute Gasteiger partial charge is 0.233 e. The van der Waals surface area contributed by atoms with Gasteiger partial charge in [0, 0.05) is 35.9 Å². The van der Waals surface area contributed by atoms with Crippen molar-refractivity contribution in [3.05, 3.63) is 48.3 Å². The van der Waals surface area contributed by atoms with Crippen LogP contribution in [0.25, 0.3) is 16.9 Å². The molecule has 2 aliphatic rings. The Bertz CT molecular complexity index is 1150. The average Bonchev–Trinajstić information content (AvgIpc) is 3.26. The lowest BCUT2D eigenvalue weighted by atomic mass is 9.83. The highest BCUT2D eigenvalue weighted by Gasteiger charge is 2.59. The van der Waals surface area contributed by atoms with E-state index in [1.165, 1.54) is 0 Å². The van der Waals surface area contributed by atoms with Crippen LogP contribution in [0, 0.1) is 12.8 Å². The van der Waals surface area contributed by atoms with Crippen LogP contribution in [0.3, 0.4) is 0 Å². The first kappa shape index (κ1) is 20.9. The maximum absolute atomic E-state index is 15.3. The third kappa shape index (κ3) is 3.43. The van der Waals surface area contributed by atoms with E-state index < -0.39 is 17.8 Å². The number of aryl methyl sites for hydroxylation is 1. The summed E-state index contributed by atoms with van der Waals surface area (Å²) in [4.78, 5) is 0. The second kappa shape index (κ2) is 7.27. The molecular weight excluding hydrogens is 409 g/mol. The number of alkyl halides is 1. The van der Waals surface area contributed by atoms with Crippen LogP contribution in [0.5, 0.6) is 11.6 Å². The molecule has 4 heterocycles. The Morgan fingerprint density at radius 3 is 2.59 bits per heavy atom. The van der Waals surface area contributed by atoms with Gasteiger partial charge < -0.3 is 15.2 Å². The zero-order valence-corrected chi connectivity index (χ0v) is 18.7. The molecule has 2 fully saturated rings. The van der Waals surface area contributed by atoms with E-state index in [1.54, 1.807) is 28.9 Å². The lowest BCUT2D eigenvalue weighted by Gasteiger charge is -2.44. The molecule has 0 amide bonds. The van der Waals surface area contributed by atoms with Gasteiger partial charge in [-0.1, -0.05) is 6.92 Å². The molecule has 0 radical (unpaired) electrons. The monoisotopic (exact) mass is 437 g/mol. The minimum absolute atomic E-state index is 0.0761. The molecule has 2 N–H and O–H groups in total. The molecule has 1 aromatic carbocycles. The van der Waals surface area contributed by atoms with Crippen molar-refractivity contribution in [2.24, 2.45) is 5.92 Å². The van der Waals surface area contributed by atoms with Crippen molar-refractivity contribution < 1.29 is 14.2 Å². The number of piperidine rings is 1. The first-order chi connectivity index (χ1) is 15.2. The zero-order valence-electron chi connectivity index (χ0n) is 18.7. The van der Waals surface area contributed by atoms with E-state index in [2.05, 4.69) is 34.5 Å². The Morgan fingerprint density at radius 1 is 1.12 bits per heavy atom. The Morgan fingerprint density at radius 2 is 1.94 bits per heavy atom. The van der Waals surface area contributed by atoms with Crippen LogP contribution < -0.4 is 10.1 Å². The van der Waals surface area contributed by atoms with Crippen LogP contribution in [0.2, 0.25) is 0 Å². The number of phenolic OH excluding ortho intramolecular Hbond substituents is 1. The third-order valence-electron chi connectivity index (χ3n) is 7.11. The summed E-state index contributed by atoms with van der Waals surface area (Å²) in [6.07, 6.45) is 1.47. The van der Waals surface area contributed by atoms with Gasteiger partial charge in [0.2, 0.25) is 5.88 Å². The van der Waals surface area contributed by atoms with Crippen LogP contribution in [0.4, 0.5) is 4.39 Å². The average molecular weight is 438 g/mol. The molecule has 0 saturated carbocycles. The lowest BCUT2D eigenvalue weighted by molar-refractivity contribution is -0.0115. The standard InChI is InChI=1S/C24H28FN5O2/c1-14-12-24(4)22(25)20(13-23(14,3)29-24)32-21-8-7-18(26-27-21)17-6-5-16(11-19(17)31)30-10-9-15(2)28-30/h5-11,14,20,22,29,31H,12-13H2,1-4H3. The number of rotatable bonds is 4. The van der Waals surface area contributed by atoms with E-state index in [0.717, 1.165) is 17.8 Å². The number of hydrogen-bond donors (Lipinski definition) is 2.